The lowest BCUT2D eigenvalue weighted by atomic mass is 9.63. The highest BCUT2D eigenvalue weighted by atomic mass is 35.5. The van der Waals surface area contributed by atoms with Crippen LogP contribution < -0.4 is 10.1 Å². The number of amides is 1. The van der Waals surface area contributed by atoms with Crippen LogP contribution in [-0.2, 0) is 20.9 Å². The summed E-state index contributed by atoms with van der Waals surface area (Å²) in [4.78, 5) is 43.6. The number of allylic oxidation sites excluding steroid dienone is 4. The van der Waals surface area contributed by atoms with Crippen molar-refractivity contribution in [3.63, 3.8) is 0 Å². The van der Waals surface area contributed by atoms with Crippen LogP contribution in [-0.4, -0.2) is 29.0 Å². The van der Waals surface area contributed by atoms with E-state index in [2.05, 4.69) is 50.0 Å². The molecule has 2 aliphatic carbocycles. The Hall–Kier alpha value is -4.16. The second-order valence-corrected chi connectivity index (χ2v) is 14.4. The molecule has 0 atom stereocenters. The third kappa shape index (κ3) is 6.48. The smallest absolute Gasteiger partial charge is 0.262 e. The van der Waals surface area contributed by atoms with Crippen molar-refractivity contribution in [3.05, 3.63) is 118 Å². The van der Waals surface area contributed by atoms with Crippen LogP contribution in [0.5, 0.6) is 5.75 Å². The van der Waals surface area contributed by atoms with Crippen molar-refractivity contribution in [3.8, 4) is 5.75 Å². The minimum absolute atomic E-state index is 0.0289. The van der Waals surface area contributed by atoms with Gasteiger partial charge in [-0.15, -0.1) is 0 Å². The molecule has 6 nitrogen and oxygen atoms in total. The summed E-state index contributed by atoms with van der Waals surface area (Å²) in [6.45, 7) is 8.84. The van der Waals surface area contributed by atoms with E-state index in [0.29, 0.717) is 65.4 Å². The first-order valence-electron chi connectivity index (χ1n) is 15.5. The molecule has 0 saturated carbocycles. The minimum Gasteiger partial charge on any atom is -0.483 e. The molecule has 7 heteroatoms. The molecule has 1 heterocycles. The number of carbonyl (C=O) groups is 3. The summed E-state index contributed by atoms with van der Waals surface area (Å²) in [6.07, 6.45) is 2.14. The fraction of sp³-hybridized carbons (Fsp3) is 0.342. The zero-order valence-electron chi connectivity index (χ0n) is 26.3. The first-order valence-corrected chi connectivity index (χ1v) is 15.9. The zero-order chi connectivity index (χ0) is 31.9. The molecule has 3 aromatic rings. The molecule has 1 aliphatic heterocycles. The van der Waals surface area contributed by atoms with Crippen LogP contribution in [0.4, 0.5) is 5.69 Å². The molecular formula is C38H39ClN2O4. The van der Waals surface area contributed by atoms with Crippen LogP contribution >= 0.6 is 11.6 Å². The quantitative estimate of drug-likeness (QED) is 0.287. The molecule has 0 spiro atoms. The van der Waals surface area contributed by atoms with Gasteiger partial charge in [0.25, 0.3) is 5.91 Å². The van der Waals surface area contributed by atoms with Gasteiger partial charge in [0.2, 0.25) is 0 Å². The second kappa shape index (κ2) is 12.0. The number of rotatable bonds is 7. The Labute approximate surface area is 270 Å². The first kappa shape index (κ1) is 30.8. The number of hydrogen-bond acceptors (Lipinski definition) is 5. The lowest BCUT2D eigenvalue weighted by Crippen LogP contribution is -2.44. The van der Waals surface area contributed by atoms with Gasteiger partial charge in [-0.1, -0.05) is 87.8 Å². The lowest BCUT2D eigenvalue weighted by molar-refractivity contribution is -0.120. The number of halogens is 1. The van der Waals surface area contributed by atoms with E-state index in [1.807, 2.05) is 48.5 Å². The Morgan fingerprint density at radius 2 is 1.38 bits per heavy atom. The van der Waals surface area contributed by atoms with Gasteiger partial charge in [-0.25, -0.2) is 0 Å². The van der Waals surface area contributed by atoms with E-state index in [-0.39, 0.29) is 34.9 Å². The Bertz CT molecular complexity index is 1670. The van der Waals surface area contributed by atoms with Crippen LogP contribution in [0.3, 0.4) is 0 Å². The normalized spacial score (nSPS) is 19.3. The highest BCUT2D eigenvalue weighted by Crippen LogP contribution is 2.56. The summed E-state index contributed by atoms with van der Waals surface area (Å²) in [5.74, 6) is -0.466. The summed E-state index contributed by atoms with van der Waals surface area (Å²) in [7, 11) is 0. The standard InChI is InChI=1S/C38H39ClN2O4/c1-37(2)18-28-35(30(42)20-37)34(27-17-25(39)15-16-32(27)45-23-33(44)40-26-13-9-6-10-14-26)36-29(19-38(3,4)21-31(36)43)41(28)22-24-11-7-5-8-12-24/h5-17,34H,18-23H2,1-4H3,(H,40,44). The van der Waals surface area contributed by atoms with Gasteiger partial charge >= 0.3 is 0 Å². The number of anilines is 1. The maximum absolute atomic E-state index is 14.2. The summed E-state index contributed by atoms with van der Waals surface area (Å²) < 4.78 is 6.16. The Morgan fingerprint density at radius 1 is 0.822 bits per heavy atom. The lowest BCUT2D eigenvalue weighted by Gasteiger charge is -2.49. The van der Waals surface area contributed by atoms with Crippen molar-refractivity contribution >= 4 is 34.8 Å². The molecule has 0 aromatic heterocycles. The first-order chi connectivity index (χ1) is 21.4. The van der Waals surface area contributed by atoms with Crippen LogP contribution in [0.1, 0.15) is 70.4 Å². The number of nitrogens with one attached hydrogen (secondary N) is 1. The van der Waals surface area contributed by atoms with E-state index in [0.717, 1.165) is 17.0 Å². The predicted octanol–water partition coefficient (Wildman–Crippen LogP) is 8.24. The van der Waals surface area contributed by atoms with E-state index in [9.17, 15) is 14.4 Å². The van der Waals surface area contributed by atoms with Crippen molar-refractivity contribution in [1.82, 2.24) is 4.90 Å². The fourth-order valence-corrected chi connectivity index (χ4v) is 7.23. The molecule has 0 radical (unpaired) electrons. The summed E-state index contributed by atoms with van der Waals surface area (Å²) in [5.41, 5.74) is 5.12. The summed E-state index contributed by atoms with van der Waals surface area (Å²) in [6, 6.07) is 24.6. The van der Waals surface area contributed by atoms with Gasteiger partial charge < -0.3 is 15.0 Å². The molecule has 3 aromatic carbocycles. The van der Waals surface area contributed by atoms with E-state index in [1.165, 1.54) is 0 Å². The second-order valence-electron chi connectivity index (χ2n) is 14.0. The molecule has 0 fully saturated rings. The zero-order valence-corrected chi connectivity index (χ0v) is 27.0. The van der Waals surface area contributed by atoms with Crippen molar-refractivity contribution in [2.24, 2.45) is 10.8 Å². The molecule has 0 saturated heterocycles. The molecule has 0 bridgehead atoms. The van der Waals surface area contributed by atoms with Gasteiger partial charge in [0.1, 0.15) is 5.75 Å². The summed E-state index contributed by atoms with van der Waals surface area (Å²) >= 11 is 6.61. The van der Waals surface area contributed by atoms with Gasteiger partial charge in [-0.3, -0.25) is 14.4 Å². The SMILES string of the molecule is CC1(C)CC(=O)C2=C(C1)N(Cc1ccccc1)C1=C(C(=O)CC(C)(C)C1)C2c1cc(Cl)ccc1OCC(=O)Nc1ccccc1. The average Bonchev–Trinajstić information content (AvgIpc) is 2.97. The Morgan fingerprint density at radius 3 is 1.96 bits per heavy atom. The van der Waals surface area contributed by atoms with Crippen LogP contribution in [0, 0.1) is 10.8 Å². The predicted molar refractivity (Wildman–Crippen MR) is 177 cm³/mol. The third-order valence-corrected chi connectivity index (χ3v) is 9.14. The monoisotopic (exact) mass is 622 g/mol. The number of hydrogen-bond donors (Lipinski definition) is 1. The van der Waals surface area contributed by atoms with Crippen molar-refractivity contribution in [2.75, 3.05) is 11.9 Å². The van der Waals surface area contributed by atoms with E-state index in [4.69, 9.17) is 16.3 Å². The maximum Gasteiger partial charge on any atom is 0.262 e. The molecule has 3 aliphatic rings. The average molecular weight is 623 g/mol. The van der Waals surface area contributed by atoms with Gasteiger partial charge in [0.15, 0.2) is 18.2 Å². The van der Waals surface area contributed by atoms with Crippen molar-refractivity contribution in [1.29, 1.82) is 0 Å². The Kier molecular flexibility index (Phi) is 8.21. The van der Waals surface area contributed by atoms with Gasteiger partial charge in [0.05, 0.1) is 0 Å². The number of nitrogens with zero attached hydrogens (tertiary/aromatic N) is 1. The molecule has 45 heavy (non-hydrogen) atoms. The summed E-state index contributed by atoms with van der Waals surface area (Å²) in [5, 5.41) is 3.32. The number of ether oxygens (including phenoxy) is 1. The van der Waals surface area contributed by atoms with Crippen LogP contribution in [0.15, 0.2) is 101 Å². The largest absolute Gasteiger partial charge is 0.483 e. The fourth-order valence-electron chi connectivity index (χ4n) is 7.05. The topological polar surface area (TPSA) is 75.7 Å². The number of benzene rings is 3. The molecule has 0 unspecified atom stereocenters. The number of ketones is 2. The van der Waals surface area contributed by atoms with Crippen molar-refractivity contribution < 1.29 is 19.1 Å². The highest BCUT2D eigenvalue weighted by molar-refractivity contribution is 6.30. The third-order valence-electron chi connectivity index (χ3n) is 8.90. The molecule has 1 N–H and O–H groups in total. The molecule has 232 valence electrons. The highest BCUT2D eigenvalue weighted by Gasteiger charge is 2.49. The van der Waals surface area contributed by atoms with Gasteiger partial charge in [-0.2, -0.15) is 0 Å². The van der Waals surface area contributed by atoms with E-state index in [1.54, 1.807) is 18.2 Å². The molecular weight excluding hydrogens is 584 g/mol. The van der Waals surface area contributed by atoms with Crippen LogP contribution in [0.2, 0.25) is 5.02 Å². The van der Waals surface area contributed by atoms with Gasteiger partial charge in [-0.05, 0) is 59.6 Å². The van der Waals surface area contributed by atoms with Crippen LogP contribution in [0.25, 0.3) is 0 Å². The van der Waals surface area contributed by atoms with Gasteiger partial charge in [0, 0.05) is 64.1 Å². The number of carbonyl (C=O) groups excluding carboxylic acids is 3. The minimum atomic E-state index is -0.639. The maximum atomic E-state index is 14.2. The number of Topliss-reactive ketones (excluding diaryl/α,β-unsaturated/α-hetero) is 2. The molecule has 1 amide bonds. The number of para-hydroxylation sites is 1. The van der Waals surface area contributed by atoms with E-state index < -0.39 is 5.92 Å². The van der Waals surface area contributed by atoms with E-state index >= 15 is 0 Å². The molecule has 6 rings (SSSR count). The van der Waals surface area contributed by atoms with Crippen molar-refractivity contribution in [2.45, 2.75) is 65.8 Å². The Balaban J connectivity index is 1.48.